The molecule has 0 bridgehead atoms. The fraction of sp³-hybridized carbons (Fsp3) is 0.364. The summed E-state index contributed by atoms with van der Waals surface area (Å²) >= 11 is 0. The maximum Gasteiger partial charge on any atom is 0.316 e. The number of nitrogens with zero attached hydrogens (tertiary/aromatic N) is 3. The van der Waals surface area contributed by atoms with Gasteiger partial charge in [-0.1, -0.05) is 30.3 Å². The number of anilines is 2. The Labute approximate surface area is 165 Å². The third kappa shape index (κ3) is 3.19. The second kappa shape index (κ2) is 7.54. The van der Waals surface area contributed by atoms with Crippen LogP contribution in [-0.2, 0) is 16.0 Å². The minimum absolute atomic E-state index is 0.00344. The number of methoxy groups -OCH3 is 1. The van der Waals surface area contributed by atoms with Crippen molar-refractivity contribution in [2.24, 2.45) is 0 Å². The Bertz CT molecular complexity index is 890. The molecule has 0 saturated carbocycles. The molecule has 2 aromatic carbocycles. The van der Waals surface area contributed by atoms with E-state index in [1.807, 2.05) is 55.5 Å². The van der Waals surface area contributed by atoms with Crippen LogP contribution in [0.2, 0.25) is 0 Å². The van der Waals surface area contributed by atoms with Crippen molar-refractivity contribution in [1.29, 1.82) is 0 Å². The highest BCUT2D eigenvalue weighted by atomic mass is 16.5. The van der Waals surface area contributed by atoms with Gasteiger partial charge in [0.1, 0.15) is 5.75 Å². The van der Waals surface area contributed by atoms with E-state index in [0.717, 1.165) is 29.1 Å². The van der Waals surface area contributed by atoms with Crippen LogP contribution in [0.3, 0.4) is 0 Å². The molecule has 0 radical (unpaired) electrons. The van der Waals surface area contributed by atoms with E-state index in [0.29, 0.717) is 26.2 Å². The summed E-state index contributed by atoms with van der Waals surface area (Å²) in [4.78, 5) is 31.4. The first-order valence-corrected chi connectivity index (χ1v) is 9.68. The number of fused-ring (bicyclic) bond motifs is 1. The van der Waals surface area contributed by atoms with E-state index >= 15 is 0 Å². The molecular weight excluding hydrogens is 354 g/mol. The zero-order valence-corrected chi connectivity index (χ0v) is 16.3. The lowest BCUT2D eigenvalue weighted by molar-refractivity contribution is -0.144. The first-order valence-electron chi connectivity index (χ1n) is 9.68. The second-order valence-electron chi connectivity index (χ2n) is 7.31. The number of hydrogen-bond acceptors (Lipinski definition) is 4. The molecule has 2 aliphatic heterocycles. The van der Waals surface area contributed by atoms with Gasteiger partial charge in [0.25, 0.3) is 0 Å². The molecule has 0 spiro atoms. The van der Waals surface area contributed by atoms with Crippen molar-refractivity contribution in [3.63, 3.8) is 0 Å². The van der Waals surface area contributed by atoms with E-state index in [9.17, 15) is 9.59 Å². The van der Waals surface area contributed by atoms with Crippen LogP contribution >= 0.6 is 0 Å². The number of amides is 2. The van der Waals surface area contributed by atoms with Crippen LogP contribution in [0.1, 0.15) is 12.5 Å². The molecule has 6 nitrogen and oxygen atoms in total. The third-order valence-electron chi connectivity index (χ3n) is 5.60. The molecule has 28 heavy (non-hydrogen) atoms. The van der Waals surface area contributed by atoms with E-state index in [2.05, 4.69) is 4.90 Å². The number of ether oxygens (including phenoxy) is 1. The molecule has 2 amide bonds. The van der Waals surface area contributed by atoms with Crippen LogP contribution in [0.4, 0.5) is 11.4 Å². The first kappa shape index (κ1) is 18.3. The number of piperazine rings is 1. The van der Waals surface area contributed by atoms with E-state index in [1.165, 1.54) is 0 Å². The van der Waals surface area contributed by atoms with Gasteiger partial charge in [-0.05, 0) is 37.1 Å². The van der Waals surface area contributed by atoms with Crippen LogP contribution in [-0.4, -0.2) is 56.0 Å². The molecule has 6 heteroatoms. The van der Waals surface area contributed by atoms with Crippen molar-refractivity contribution < 1.29 is 14.3 Å². The predicted octanol–water partition coefficient (Wildman–Crippen LogP) is 2.32. The molecule has 0 aliphatic carbocycles. The van der Waals surface area contributed by atoms with Crippen molar-refractivity contribution in [3.8, 4) is 5.75 Å². The van der Waals surface area contributed by atoms with Crippen molar-refractivity contribution >= 4 is 23.2 Å². The second-order valence-corrected chi connectivity index (χ2v) is 7.31. The van der Waals surface area contributed by atoms with Crippen LogP contribution in [0, 0.1) is 0 Å². The maximum atomic E-state index is 13.0. The Hall–Kier alpha value is -3.02. The minimum atomic E-state index is -0.428. The maximum absolute atomic E-state index is 13.0. The molecule has 4 rings (SSSR count). The Morgan fingerprint density at radius 2 is 1.54 bits per heavy atom. The quantitative estimate of drug-likeness (QED) is 0.752. The molecule has 2 aromatic rings. The molecule has 1 unspecified atom stereocenters. The number of para-hydroxylation sites is 3. The van der Waals surface area contributed by atoms with Crippen molar-refractivity contribution in [2.75, 3.05) is 43.1 Å². The molecule has 0 aromatic heterocycles. The topological polar surface area (TPSA) is 53.1 Å². The van der Waals surface area contributed by atoms with Gasteiger partial charge in [-0.3, -0.25) is 9.59 Å². The number of rotatable bonds is 2. The van der Waals surface area contributed by atoms with Gasteiger partial charge in [-0.15, -0.1) is 0 Å². The Morgan fingerprint density at radius 1 is 0.893 bits per heavy atom. The monoisotopic (exact) mass is 379 g/mol. The average Bonchev–Trinajstić information content (AvgIpc) is 3.08. The highest BCUT2D eigenvalue weighted by molar-refractivity contribution is 6.40. The summed E-state index contributed by atoms with van der Waals surface area (Å²) in [5.41, 5.74) is 3.00. The van der Waals surface area contributed by atoms with Crippen LogP contribution in [0.5, 0.6) is 5.75 Å². The lowest BCUT2D eigenvalue weighted by atomic mass is 10.1. The van der Waals surface area contributed by atoms with Gasteiger partial charge in [-0.25, -0.2) is 0 Å². The molecule has 1 fully saturated rings. The number of carbonyl (C=O) groups excluding carboxylic acids is 2. The molecular formula is C22H25N3O3. The van der Waals surface area contributed by atoms with Gasteiger partial charge < -0.3 is 19.4 Å². The fourth-order valence-corrected chi connectivity index (χ4v) is 4.15. The van der Waals surface area contributed by atoms with Crippen molar-refractivity contribution in [1.82, 2.24) is 4.90 Å². The van der Waals surface area contributed by atoms with Gasteiger partial charge in [0.2, 0.25) is 0 Å². The van der Waals surface area contributed by atoms with Crippen molar-refractivity contribution in [2.45, 2.75) is 19.4 Å². The van der Waals surface area contributed by atoms with Gasteiger partial charge in [-0.2, -0.15) is 0 Å². The molecule has 2 aliphatic rings. The van der Waals surface area contributed by atoms with Gasteiger partial charge in [0, 0.05) is 37.9 Å². The summed E-state index contributed by atoms with van der Waals surface area (Å²) in [5, 5.41) is 0. The summed E-state index contributed by atoms with van der Waals surface area (Å²) in [6.07, 6.45) is 0.788. The smallest absolute Gasteiger partial charge is 0.316 e. The summed E-state index contributed by atoms with van der Waals surface area (Å²) in [5.74, 6) is -0.0210. The average molecular weight is 379 g/mol. The molecule has 0 N–H and O–H groups in total. The zero-order valence-electron chi connectivity index (χ0n) is 16.3. The van der Waals surface area contributed by atoms with E-state index < -0.39 is 11.8 Å². The van der Waals surface area contributed by atoms with E-state index in [4.69, 9.17) is 4.74 Å². The first-order chi connectivity index (χ1) is 13.6. The highest BCUT2D eigenvalue weighted by Gasteiger charge is 2.37. The fourth-order valence-electron chi connectivity index (χ4n) is 4.15. The van der Waals surface area contributed by atoms with E-state index in [-0.39, 0.29) is 6.04 Å². The van der Waals surface area contributed by atoms with Crippen LogP contribution in [0.25, 0.3) is 0 Å². The summed E-state index contributed by atoms with van der Waals surface area (Å²) < 4.78 is 5.44. The normalized spacial score (nSPS) is 18.8. The minimum Gasteiger partial charge on any atom is -0.495 e. The van der Waals surface area contributed by atoms with Gasteiger partial charge in [0.15, 0.2) is 0 Å². The standard InChI is InChI=1S/C22H25N3O3/c1-16-15-17-7-3-4-8-18(17)25(16)22(27)21(26)24-13-11-23(12-14-24)19-9-5-6-10-20(19)28-2/h3-10,16H,11-15H2,1-2H3. The summed E-state index contributed by atoms with van der Waals surface area (Å²) in [6.45, 7) is 4.38. The molecule has 2 heterocycles. The zero-order chi connectivity index (χ0) is 19.7. The van der Waals surface area contributed by atoms with Crippen molar-refractivity contribution in [3.05, 3.63) is 54.1 Å². The largest absolute Gasteiger partial charge is 0.495 e. The lowest BCUT2D eigenvalue weighted by Gasteiger charge is -2.37. The summed E-state index contributed by atoms with van der Waals surface area (Å²) in [6, 6.07) is 15.7. The van der Waals surface area contributed by atoms with Crippen LogP contribution < -0.4 is 14.5 Å². The Kier molecular flexibility index (Phi) is 4.94. The van der Waals surface area contributed by atoms with Gasteiger partial charge in [0.05, 0.1) is 12.8 Å². The third-order valence-corrected chi connectivity index (χ3v) is 5.60. The Balaban J connectivity index is 1.44. The lowest BCUT2D eigenvalue weighted by Crippen LogP contribution is -2.54. The molecule has 1 atom stereocenters. The summed E-state index contributed by atoms with van der Waals surface area (Å²) in [7, 11) is 1.66. The van der Waals surface area contributed by atoms with Crippen LogP contribution in [0.15, 0.2) is 48.5 Å². The predicted molar refractivity (Wildman–Crippen MR) is 109 cm³/mol. The number of carbonyl (C=O) groups is 2. The highest BCUT2D eigenvalue weighted by Crippen LogP contribution is 2.32. The van der Waals surface area contributed by atoms with E-state index in [1.54, 1.807) is 16.9 Å². The molecule has 146 valence electrons. The SMILES string of the molecule is COc1ccccc1N1CCN(C(=O)C(=O)N2c3ccccc3CC2C)CC1. The number of hydrogen-bond donors (Lipinski definition) is 0. The number of benzene rings is 2. The molecule has 1 saturated heterocycles. The van der Waals surface area contributed by atoms with Gasteiger partial charge >= 0.3 is 11.8 Å². The Morgan fingerprint density at radius 3 is 2.25 bits per heavy atom.